The van der Waals surface area contributed by atoms with E-state index in [9.17, 15) is 4.79 Å². The Bertz CT molecular complexity index is 679. The Balaban J connectivity index is 1.93. The van der Waals surface area contributed by atoms with Gasteiger partial charge in [-0.3, -0.25) is 4.79 Å². The van der Waals surface area contributed by atoms with Gasteiger partial charge in [-0.05, 0) is 47.1 Å². The zero-order chi connectivity index (χ0) is 17.4. The van der Waals surface area contributed by atoms with Gasteiger partial charge in [-0.15, -0.1) is 11.8 Å². The average Bonchev–Trinajstić information content (AvgIpc) is 2.61. The Morgan fingerprint density at radius 2 is 2.00 bits per heavy atom. The molecule has 0 saturated carbocycles. The number of amides is 1. The van der Waals surface area contributed by atoms with Crippen LogP contribution in [0.1, 0.15) is 17.3 Å². The molecule has 24 heavy (non-hydrogen) atoms. The van der Waals surface area contributed by atoms with Crippen LogP contribution in [0.4, 0.5) is 0 Å². The average molecular weight is 410 g/mol. The van der Waals surface area contributed by atoms with Gasteiger partial charge in [0.15, 0.2) is 11.5 Å². The SMILES string of the molecule is CCOc1c(Br)cc(C(=O)NCCSc2ccccc2)cc1OC. The zero-order valence-electron chi connectivity index (χ0n) is 13.7. The van der Waals surface area contributed by atoms with E-state index in [4.69, 9.17) is 9.47 Å². The lowest BCUT2D eigenvalue weighted by Gasteiger charge is -2.13. The zero-order valence-corrected chi connectivity index (χ0v) is 16.1. The molecule has 0 fully saturated rings. The second-order valence-electron chi connectivity index (χ2n) is 4.84. The molecule has 128 valence electrons. The Morgan fingerprint density at radius 3 is 2.67 bits per heavy atom. The molecule has 0 aliphatic heterocycles. The predicted molar refractivity (Wildman–Crippen MR) is 101 cm³/mol. The third kappa shape index (κ3) is 5.18. The summed E-state index contributed by atoms with van der Waals surface area (Å²) in [5.74, 6) is 1.82. The molecule has 6 heteroatoms. The van der Waals surface area contributed by atoms with E-state index < -0.39 is 0 Å². The van der Waals surface area contributed by atoms with Gasteiger partial charge in [-0.1, -0.05) is 18.2 Å². The lowest BCUT2D eigenvalue weighted by Crippen LogP contribution is -2.25. The third-order valence-electron chi connectivity index (χ3n) is 3.18. The molecular formula is C18H20BrNO3S. The van der Waals surface area contributed by atoms with E-state index in [0.717, 1.165) is 5.75 Å². The van der Waals surface area contributed by atoms with E-state index >= 15 is 0 Å². The normalized spacial score (nSPS) is 10.3. The van der Waals surface area contributed by atoms with Gasteiger partial charge in [0.05, 0.1) is 18.2 Å². The number of ether oxygens (including phenoxy) is 2. The van der Waals surface area contributed by atoms with Crippen LogP contribution in [0, 0.1) is 0 Å². The maximum atomic E-state index is 12.3. The smallest absolute Gasteiger partial charge is 0.251 e. The van der Waals surface area contributed by atoms with Crippen LogP contribution in [0.15, 0.2) is 51.8 Å². The van der Waals surface area contributed by atoms with Crippen molar-refractivity contribution in [1.29, 1.82) is 0 Å². The number of halogens is 1. The molecule has 0 atom stereocenters. The highest BCUT2D eigenvalue weighted by Gasteiger charge is 2.15. The van der Waals surface area contributed by atoms with Crippen LogP contribution >= 0.6 is 27.7 Å². The van der Waals surface area contributed by atoms with Gasteiger partial charge in [0, 0.05) is 22.8 Å². The summed E-state index contributed by atoms with van der Waals surface area (Å²) in [4.78, 5) is 13.5. The highest BCUT2D eigenvalue weighted by Crippen LogP contribution is 2.36. The summed E-state index contributed by atoms with van der Waals surface area (Å²) in [7, 11) is 1.56. The second-order valence-corrected chi connectivity index (χ2v) is 6.86. The first kappa shape index (κ1) is 18.7. The van der Waals surface area contributed by atoms with Crippen LogP contribution in [0.3, 0.4) is 0 Å². The number of benzene rings is 2. The number of thioether (sulfide) groups is 1. The fourth-order valence-electron chi connectivity index (χ4n) is 2.09. The van der Waals surface area contributed by atoms with Crippen molar-refractivity contribution in [3.63, 3.8) is 0 Å². The van der Waals surface area contributed by atoms with Gasteiger partial charge in [0.25, 0.3) is 5.91 Å². The van der Waals surface area contributed by atoms with Gasteiger partial charge < -0.3 is 14.8 Å². The van der Waals surface area contributed by atoms with E-state index in [1.165, 1.54) is 4.90 Å². The summed E-state index contributed by atoms with van der Waals surface area (Å²) < 4.78 is 11.5. The van der Waals surface area contributed by atoms with Crippen molar-refractivity contribution < 1.29 is 14.3 Å². The largest absolute Gasteiger partial charge is 0.493 e. The van der Waals surface area contributed by atoms with Crippen LogP contribution in [0.5, 0.6) is 11.5 Å². The topological polar surface area (TPSA) is 47.6 Å². The fourth-order valence-corrected chi connectivity index (χ4v) is 3.43. The van der Waals surface area contributed by atoms with E-state index in [2.05, 4.69) is 33.4 Å². The fraction of sp³-hybridized carbons (Fsp3) is 0.278. The van der Waals surface area contributed by atoms with Crippen LogP contribution < -0.4 is 14.8 Å². The van der Waals surface area contributed by atoms with Crippen molar-refractivity contribution in [3.8, 4) is 11.5 Å². The van der Waals surface area contributed by atoms with Crippen molar-refractivity contribution in [2.75, 3.05) is 26.0 Å². The molecule has 2 aromatic carbocycles. The third-order valence-corrected chi connectivity index (χ3v) is 4.78. The number of hydrogen-bond acceptors (Lipinski definition) is 4. The first-order valence-electron chi connectivity index (χ1n) is 7.62. The summed E-state index contributed by atoms with van der Waals surface area (Å²) >= 11 is 5.14. The summed E-state index contributed by atoms with van der Waals surface area (Å²) in [5.41, 5.74) is 0.534. The van der Waals surface area contributed by atoms with Crippen molar-refractivity contribution in [2.45, 2.75) is 11.8 Å². The molecular weight excluding hydrogens is 390 g/mol. The van der Waals surface area contributed by atoms with Crippen LogP contribution in [-0.4, -0.2) is 31.9 Å². The van der Waals surface area contributed by atoms with Crippen molar-refractivity contribution >= 4 is 33.6 Å². The Hall–Kier alpha value is -1.66. The number of carbonyl (C=O) groups excluding carboxylic acids is 1. The van der Waals surface area contributed by atoms with E-state index in [0.29, 0.717) is 34.7 Å². The van der Waals surface area contributed by atoms with E-state index in [1.807, 2.05) is 25.1 Å². The van der Waals surface area contributed by atoms with E-state index in [1.54, 1.807) is 31.0 Å². The Kier molecular flexibility index (Phi) is 7.46. The van der Waals surface area contributed by atoms with Gasteiger partial charge in [0.1, 0.15) is 0 Å². The maximum Gasteiger partial charge on any atom is 0.251 e. The van der Waals surface area contributed by atoms with E-state index in [-0.39, 0.29) is 5.91 Å². The van der Waals surface area contributed by atoms with Crippen LogP contribution in [0.2, 0.25) is 0 Å². The molecule has 0 spiro atoms. The molecule has 1 N–H and O–H groups in total. The molecule has 4 nitrogen and oxygen atoms in total. The molecule has 0 aliphatic carbocycles. The summed E-state index contributed by atoms with van der Waals surface area (Å²) in [6.07, 6.45) is 0. The predicted octanol–water partition coefficient (Wildman–Crippen LogP) is 4.38. The lowest BCUT2D eigenvalue weighted by atomic mass is 10.2. The van der Waals surface area contributed by atoms with Gasteiger partial charge in [0.2, 0.25) is 0 Å². The minimum Gasteiger partial charge on any atom is -0.493 e. The monoisotopic (exact) mass is 409 g/mol. The highest BCUT2D eigenvalue weighted by molar-refractivity contribution is 9.10. The Morgan fingerprint density at radius 1 is 1.25 bits per heavy atom. The summed E-state index contributed by atoms with van der Waals surface area (Å²) in [5, 5.41) is 2.92. The molecule has 0 unspecified atom stereocenters. The number of nitrogens with one attached hydrogen (secondary N) is 1. The van der Waals surface area contributed by atoms with Crippen molar-refractivity contribution in [1.82, 2.24) is 5.32 Å². The Labute approximate surface area is 155 Å². The lowest BCUT2D eigenvalue weighted by molar-refractivity contribution is 0.0955. The van der Waals surface area contributed by atoms with Crippen molar-refractivity contribution in [3.05, 3.63) is 52.5 Å². The molecule has 0 radical (unpaired) electrons. The molecule has 0 aromatic heterocycles. The number of methoxy groups -OCH3 is 1. The first-order chi connectivity index (χ1) is 11.7. The molecule has 0 bridgehead atoms. The molecule has 2 aromatic rings. The molecule has 2 rings (SSSR count). The van der Waals surface area contributed by atoms with Gasteiger partial charge >= 0.3 is 0 Å². The maximum absolute atomic E-state index is 12.3. The quantitative estimate of drug-likeness (QED) is 0.519. The molecule has 0 saturated heterocycles. The number of rotatable bonds is 8. The number of carbonyl (C=O) groups is 1. The van der Waals surface area contributed by atoms with Crippen molar-refractivity contribution in [2.24, 2.45) is 0 Å². The van der Waals surface area contributed by atoms with Gasteiger partial charge in [-0.25, -0.2) is 0 Å². The minimum atomic E-state index is -0.134. The summed E-state index contributed by atoms with van der Waals surface area (Å²) in [6.45, 7) is 3.01. The molecule has 0 heterocycles. The first-order valence-corrected chi connectivity index (χ1v) is 9.40. The van der Waals surface area contributed by atoms with Crippen LogP contribution in [0.25, 0.3) is 0 Å². The molecule has 0 aliphatic rings. The van der Waals surface area contributed by atoms with Gasteiger partial charge in [-0.2, -0.15) is 0 Å². The van der Waals surface area contributed by atoms with Crippen LogP contribution in [-0.2, 0) is 0 Å². The number of hydrogen-bond donors (Lipinski definition) is 1. The standard InChI is InChI=1S/C18H20BrNO3S/c1-3-23-17-15(19)11-13(12-16(17)22-2)18(21)20-9-10-24-14-7-5-4-6-8-14/h4-8,11-12H,3,9-10H2,1-2H3,(H,20,21). The minimum absolute atomic E-state index is 0.134. The summed E-state index contributed by atoms with van der Waals surface area (Å²) in [6, 6.07) is 13.5. The highest BCUT2D eigenvalue weighted by atomic mass is 79.9. The molecule has 1 amide bonds. The second kappa shape index (κ2) is 9.59.